The molecule has 3 nitrogen and oxygen atoms in total. The highest BCUT2D eigenvalue weighted by Crippen LogP contribution is 2.33. The number of sulfonamides is 1. The third-order valence-corrected chi connectivity index (χ3v) is 7.88. The van der Waals surface area contributed by atoms with Crippen LogP contribution in [0.4, 0.5) is 0 Å². The topological polar surface area (TPSA) is 37.4 Å². The molecule has 6 heteroatoms. The first-order valence-electron chi connectivity index (χ1n) is 6.11. The van der Waals surface area contributed by atoms with Gasteiger partial charge in [-0.3, -0.25) is 0 Å². The Kier molecular flexibility index (Phi) is 4.69. The number of hydrogen-bond donors (Lipinski definition) is 0. The molecule has 0 spiro atoms. The van der Waals surface area contributed by atoms with Crippen molar-refractivity contribution in [3.63, 3.8) is 0 Å². The van der Waals surface area contributed by atoms with Crippen LogP contribution in [0.5, 0.6) is 0 Å². The maximum atomic E-state index is 12.6. The maximum Gasteiger partial charge on any atom is 0.253 e. The Balaban J connectivity index is 2.33. The van der Waals surface area contributed by atoms with Gasteiger partial charge in [-0.1, -0.05) is 29.8 Å². The minimum atomic E-state index is -3.48. The Morgan fingerprint density at radius 2 is 1.80 bits per heavy atom. The van der Waals surface area contributed by atoms with Gasteiger partial charge in [0.05, 0.1) is 0 Å². The fraction of sp³-hybridized carbons (Fsp3) is 0.286. The number of nitrogens with zero attached hydrogens (tertiary/aromatic N) is 1. The van der Waals surface area contributed by atoms with Crippen molar-refractivity contribution in [3.8, 4) is 0 Å². The van der Waals surface area contributed by atoms with Gasteiger partial charge < -0.3 is 0 Å². The third kappa shape index (κ3) is 2.98. The molecular formula is C14H16BrNO2S2. The van der Waals surface area contributed by atoms with Crippen molar-refractivity contribution in [2.24, 2.45) is 0 Å². The zero-order valence-electron chi connectivity index (χ0n) is 11.5. The van der Waals surface area contributed by atoms with Crippen molar-refractivity contribution in [3.05, 3.63) is 51.3 Å². The fourth-order valence-electron chi connectivity index (χ4n) is 1.86. The van der Waals surface area contributed by atoms with E-state index in [1.807, 2.05) is 38.1 Å². The zero-order valence-corrected chi connectivity index (χ0v) is 14.7. The molecule has 0 saturated heterocycles. The number of aryl methyl sites for hydroxylation is 1. The Morgan fingerprint density at radius 3 is 2.30 bits per heavy atom. The summed E-state index contributed by atoms with van der Waals surface area (Å²) in [5.41, 5.74) is 2.14. The number of halogens is 1. The minimum Gasteiger partial charge on any atom is -0.206 e. The zero-order chi connectivity index (χ0) is 14.9. The Bertz CT molecular complexity index is 692. The normalized spacial score (nSPS) is 13.7. The summed E-state index contributed by atoms with van der Waals surface area (Å²) < 4.78 is 27.6. The molecule has 20 heavy (non-hydrogen) atoms. The molecule has 0 amide bonds. The molecule has 0 aliphatic rings. The largest absolute Gasteiger partial charge is 0.253 e. The van der Waals surface area contributed by atoms with Gasteiger partial charge in [-0.25, -0.2) is 8.42 Å². The van der Waals surface area contributed by atoms with Crippen LogP contribution < -0.4 is 0 Å². The molecule has 0 aliphatic carbocycles. The number of hydrogen-bond acceptors (Lipinski definition) is 3. The van der Waals surface area contributed by atoms with Crippen molar-refractivity contribution < 1.29 is 8.42 Å². The molecule has 0 radical (unpaired) electrons. The standard InChI is InChI=1S/C14H16BrNO2S2/c1-10-4-6-12(7-5-10)11(2)16(3)20(17,18)14-13(15)8-9-19-14/h4-9,11H,1-3H3. The summed E-state index contributed by atoms with van der Waals surface area (Å²) >= 11 is 4.51. The van der Waals surface area contributed by atoms with Crippen molar-refractivity contribution in [1.29, 1.82) is 0 Å². The molecule has 2 aromatic rings. The number of thiophene rings is 1. The van der Waals surface area contributed by atoms with Crippen LogP contribution in [0.3, 0.4) is 0 Å². The molecule has 0 saturated carbocycles. The lowest BCUT2D eigenvalue weighted by atomic mass is 10.1. The van der Waals surface area contributed by atoms with E-state index in [0.29, 0.717) is 8.68 Å². The third-order valence-electron chi connectivity index (χ3n) is 3.30. The summed E-state index contributed by atoms with van der Waals surface area (Å²) in [4.78, 5) is 0. The van der Waals surface area contributed by atoms with Crippen LogP contribution in [0.1, 0.15) is 24.1 Å². The van der Waals surface area contributed by atoms with Crippen LogP contribution in [0.25, 0.3) is 0 Å². The first-order valence-corrected chi connectivity index (χ1v) is 9.23. The second-order valence-electron chi connectivity index (χ2n) is 4.66. The molecule has 0 aliphatic heterocycles. The van der Waals surface area contributed by atoms with Crippen LogP contribution in [0.2, 0.25) is 0 Å². The summed E-state index contributed by atoms with van der Waals surface area (Å²) in [6.07, 6.45) is 0. The molecule has 1 aromatic heterocycles. The second kappa shape index (κ2) is 5.97. The molecule has 108 valence electrons. The Labute approximate surface area is 132 Å². The lowest BCUT2D eigenvalue weighted by Crippen LogP contribution is -2.29. The van der Waals surface area contributed by atoms with Gasteiger partial charge >= 0.3 is 0 Å². The molecule has 2 rings (SSSR count). The van der Waals surface area contributed by atoms with Crippen LogP contribution in [0.15, 0.2) is 44.4 Å². The lowest BCUT2D eigenvalue weighted by molar-refractivity contribution is 0.399. The smallest absolute Gasteiger partial charge is 0.206 e. The Hall–Kier alpha value is -0.690. The highest BCUT2D eigenvalue weighted by Gasteiger charge is 2.29. The second-order valence-corrected chi connectivity index (χ2v) is 8.63. The first kappa shape index (κ1) is 15.7. The number of rotatable bonds is 4. The molecule has 0 bridgehead atoms. The van der Waals surface area contributed by atoms with Gasteiger partial charge in [0, 0.05) is 17.6 Å². The summed E-state index contributed by atoms with van der Waals surface area (Å²) in [5.74, 6) is 0. The predicted molar refractivity (Wildman–Crippen MR) is 86.6 cm³/mol. The summed E-state index contributed by atoms with van der Waals surface area (Å²) in [6, 6.07) is 9.46. The van der Waals surface area contributed by atoms with Gasteiger partial charge in [0.25, 0.3) is 10.0 Å². The quantitative estimate of drug-likeness (QED) is 0.804. The van der Waals surface area contributed by atoms with E-state index in [1.165, 1.54) is 15.6 Å². The van der Waals surface area contributed by atoms with Crippen LogP contribution in [0, 0.1) is 6.92 Å². The fourth-order valence-corrected chi connectivity index (χ4v) is 5.69. The van der Waals surface area contributed by atoms with Crippen molar-refractivity contribution in [2.45, 2.75) is 24.1 Å². The average Bonchev–Trinajstić information content (AvgIpc) is 2.85. The van der Waals surface area contributed by atoms with E-state index >= 15 is 0 Å². The van der Waals surface area contributed by atoms with E-state index in [0.717, 1.165) is 11.1 Å². The van der Waals surface area contributed by atoms with Crippen LogP contribution in [-0.2, 0) is 10.0 Å². The monoisotopic (exact) mass is 373 g/mol. The highest BCUT2D eigenvalue weighted by molar-refractivity contribution is 9.10. The van der Waals surface area contributed by atoms with Gasteiger partial charge in [0.2, 0.25) is 0 Å². The van der Waals surface area contributed by atoms with E-state index in [1.54, 1.807) is 18.5 Å². The summed E-state index contributed by atoms with van der Waals surface area (Å²) in [7, 11) is -1.86. The molecular weight excluding hydrogens is 358 g/mol. The summed E-state index contributed by atoms with van der Waals surface area (Å²) in [6.45, 7) is 3.90. The van der Waals surface area contributed by atoms with Gasteiger partial charge in [0.1, 0.15) is 4.21 Å². The van der Waals surface area contributed by atoms with E-state index in [-0.39, 0.29) is 6.04 Å². The highest BCUT2D eigenvalue weighted by atomic mass is 79.9. The van der Waals surface area contributed by atoms with Gasteiger partial charge in [-0.2, -0.15) is 4.31 Å². The predicted octanol–water partition coefficient (Wildman–Crippen LogP) is 4.20. The summed E-state index contributed by atoms with van der Waals surface area (Å²) in [5, 5.41) is 1.77. The SMILES string of the molecule is Cc1ccc(C(C)N(C)S(=O)(=O)c2sccc2Br)cc1. The van der Waals surface area contributed by atoms with E-state index in [4.69, 9.17) is 0 Å². The van der Waals surface area contributed by atoms with Crippen molar-refractivity contribution >= 4 is 37.3 Å². The van der Waals surface area contributed by atoms with Crippen molar-refractivity contribution in [2.75, 3.05) is 7.05 Å². The van der Waals surface area contributed by atoms with E-state index < -0.39 is 10.0 Å². The number of benzene rings is 1. The molecule has 0 N–H and O–H groups in total. The molecule has 1 aromatic carbocycles. The van der Waals surface area contributed by atoms with Crippen LogP contribution in [-0.4, -0.2) is 19.8 Å². The van der Waals surface area contributed by atoms with Gasteiger partial charge in [-0.15, -0.1) is 11.3 Å². The lowest BCUT2D eigenvalue weighted by Gasteiger charge is -2.24. The first-order chi connectivity index (χ1) is 9.34. The molecule has 0 fully saturated rings. The van der Waals surface area contributed by atoms with Crippen molar-refractivity contribution in [1.82, 2.24) is 4.31 Å². The van der Waals surface area contributed by atoms with Crippen LogP contribution >= 0.6 is 27.3 Å². The van der Waals surface area contributed by atoms with E-state index in [9.17, 15) is 8.42 Å². The van der Waals surface area contributed by atoms with E-state index in [2.05, 4.69) is 15.9 Å². The maximum absolute atomic E-state index is 12.6. The molecule has 1 heterocycles. The molecule has 1 unspecified atom stereocenters. The molecule has 1 atom stereocenters. The van der Waals surface area contributed by atoms with Gasteiger partial charge in [-0.05, 0) is 46.8 Å². The van der Waals surface area contributed by atoms with Gasteiger partial charge in [0.15, 0.2) is 0 Å². The average molecular weight is 374 g/mol. The minimum absolute atomic E-state index is 0.213. The Morgan fingerprint density at radius 1 is 1.20 bits per heavy atom.